The number of halogens is 2. The van der Waals surface area contributed by atoms with Crippen LogP contribution in [0.5, 0.6) is 0 Å². The van der Waals surface area contributed by atoms with E-state index in [1.54, 1.807) is 0 Å². The van der Waals surface area contributed by atoms with Crippen LogP contribution in [0.3, 0.4) is 0 Å². The Morgan fingerprint density at radius 2 is 2.23 bits per heavy atom. The van der Waals surface area contributed by atoms with Crippen LogP contribution < -0.4 is 0 Å². The fourth-order valence-corrected chi connectivity index (χ4v) is 1.24. The summed E-state index contributed by atoms with van der Waals surface area (Å²) in [7, 11) is 0. The molecule has 0 atom stereocenters. The smallest absolute Gasteiger partial charge is 0.152 e. The SMILES string of the molecule is C=C(CC)Cc1ncc(Cl)nc1Cl. The zero-order chi connectivity index (χ0) is 9.84. The predicted molar refractivity (Wildman–Crippen MR) is 55.2 cm³/mol. The molecule has 0 N–H and O–H groups in total. The molecule has 0 aliphatic rings. The third-order valence-electron chi connectivity index (χ3n) is 1.69. The van der Waals surface area contributed by atoms with Crippen molar-refractivity contribution >= 4 is 23.2 Å². The van der Waals surface area contributed by atoms with Crippen LogP contribution in [-0.4, -0.2) is 9.97 Å². The van der Waals surface area contributed by atoms with Gasteiger partial charge in [-0.2, -0.15) is 0 Å². The summed E-state index contributed by atoms with van der Waals surface area (Å²) in [4.78, 5) is 7.97. The summed E-state index contributed by atoms with van der Waals surface area (Å²) in [6.45, 7) is 5.91. The molecule has 0 spiro atoms. The highest BCUT2D eigenvalue weighted by Crippen LogP contribution is 2.17. The van der Waals surface area contributed by atoms with Gasteiger partial charge in [0.1, 0.15) is 5.15 Å². The van der Waals surface area contributed by atoms with Gasteiger partial charge in [0.2, 0.25) is 0 Å². The zero-order valence-electron chi connectivity index (χ0n) is 7.35. The van der Waals surface area contributed by atoms with Crippen LogP contribution in [-0.2, 0) is 6.42 Å². The minimum absolute atomic E-state index is 0.316. The third-order valence-corrected chi connectivity index (χ3v) is 2.17. The van der Waals surface area contributed by atoms with Gasteiger partial charge in [0.05, 0.1) is 11.9 Å². The Kier molecular flexibility index (Phi) is 3.70. The van der Waals surface area contributed by atoms with E-state index in [0.29, 0.717) is 16.7 Å². The Hall–Kier alpha value is -0.600. The maximum absolute atomic E-state index is 5.83. The number of aromatic nitrogens is 2. The van der Waals surface area contributed by atoms with E-state index in [4.69, 9.17) is 23.2 Å². The predicted octanol–water partition coefficient (Wildman–Crippen LogP) is 3.29. The second-order valence-electron chi connectivity index (χ2n) is 2.71. The highest BCUT2D eigenvalue weighted by Gasteiger charge is 2.05. The lowest BCUT2D eigenvalue weighted by atomic mass is 10.1. The largest absolute Gasteiger partial charge is 0.255 e. The lowest BCUT2D eigenvalue weighted by Gasteiger charge is -2.03. The molecule has 4 heteroatoms. The van der Waals surface area contributed by atoms with Crippen molar-refractivity contribution in [2.24, 2.45) is 0 Å². The first-order chi connectivity index (χ1) is 6.13. The van der Waals surface area contributed by atoms with Gasteiger partial charge in [-0.25, -0.2) is 4.98 Å². The standard InChI is InChI=1S/C9H10Cl2N2/c1-3-6(2)4-7-9(11)13-8(10)5-12-7/h5H,2-4H2,1H3. The Balaban J connectivity index is 2.83. The van der Waals surface area contributed by atoms with Gasteiger partial charge in [-0.05, 0) is 6.42 Å². The van der Waals surface area contributed by atoms with Crippen LogP contribution in [0, 0.1) is 0 Å². The molecule has 0 aromatic carbocycles. The molecule has 1 aromatic heterocycles. The van der Waals surface area contributed by atoms with Gasteiger partial charge in [0.25, 0.3) is 0 Å². The van der Waals surface area contributed by atoms with Crippen LogP contribution in [0.25, 0.3) is 0 Å². The number of hydrogen-bond donors (Lipinski definition) is 0. The minimum Gasteiger partial charge on any atom is -0.255 e. The maximum Gasteiger partial charge on any atom is 0.152 e. The van der Waals surface area contributed by atoms with E-state index in [2.05, 4.69) is 16.5 Å². The molecule has 13 heavy (non-hydrogen) atoms. The van der Waals surface area contributed by atoms with Crippen molar-refractivity contribution in [2.75, 3.05) is 0 Å². The Morgan fingerprint density at radius 3 is 2.77 bits per heavy atom. The van der Waals surface area contributed by atoms with Gasteiger partial charge in [-0.1, -0.05) is 42.3 Å². The van der Waals surface area contributed by atoms with E-state index < -0.39 is 0 Å². The molecule has 0 radical (unpaired) electrons. The van der Waals surface area contributed by atoms with Crippen LogP contribution in [0.2, 0.25) is 10.3 Å². The molecular weight excluding hydrogens is 207 g/mol. The van der Waals surface area contributed by atoms with Crippen molar-refractivity contribution in [3.8, 4) is 0 Å². The Bertz CT molecular complexity index is 323. The van der Waals surface area contributed by atoms with E-state index in [9.17, 15) is 0 Å². The van der Waals surface area contributed by atoms with E-state index in [-0.39, 0.29) is 0 Å². The van der Waals surface area contributed by atoms with Crippen molar-refractivity contribution in [1.29, 1.82) is 0 Å². The van der Waals surface area contributed by atoms with Gasteiger partial charge in [0.15, 0.2) is 5.15 Å². The molecule has 70 valence electrons. The highest BCUT2D eigenvalue weighted by atomic mass is 35.5. The first-order valence-corrected chi connectivity index (χ1v) is 4.72. The molecule has 0 unspecified atom stereocenters. The summed E-state index contributed by atoms with van der Waals surface area (Å²) >= 11 is 11.4. The van der Waals surface area contributed by atoms with Crippen LogP contribution >= 0.6 is 23.2 Å². The van der Waals surface area contributed by atoms with Crippen LogP contribution in [0.4, 0.5) is 0 Å². The quantitative estimate of drug-likeness (QED) is 0.726. The van der Waals surface area contributed by atoms with Gasteiger partial charge >= 0.3 is 0 Å². The van der Waals surface area contributed by atoms with E-state index in [0.717, 1.165) is 17.7 Å². The van der Waals surface area contributed by atoms with Crippen molar-refractivity contribution in [2.45, 2.75) is 19.8 Å². The molecule has 2 nitrogen and oxygen atoms in total. The average Bonchev–Trinajstić information content (AvgIpc) is 2.09. The molecule has 1 heterocycles. The average molecular weight is 217 g/mol. The van der Waals surface area contributed by atoms with E-state index in [1.807, 2.05) is 6.92 Å². The second kappa shape index (κ2) is 4.58. The minimum atomic E-state index is 0.316. The topological polar surface area (TPSA) is 25.8 Å². The molecule has 1 rings (SSSR count). The summed E-state index contributed by atoms with van der Waals surface area (Å²) in [5.41, 5.74) is 1.82. The summed E-state index contributed by atoms with van der Waals surface area (Å²) in [6.07, 6.45) is 3.08. The number of hydrogen-bond acceptors (Lipinski definition) is 2. The monoisotopic (exact) mass is 216 g/mol. The van der Waals surface area contributed by atoms with Gasteiger partial charge in [-0.15, -0.1) is 0 Å². The highest BCUT2D eigenvalue weighted by molar-refractivity contribution is 6.32. The second-order valence-corrected chi connectivity index (χ2v) is 3.46. The molecule has 0 fully saturated rings. The lowest BCUT2D eigenvalue weighted by molar-refractivity contribution is 0.955. The van der Waals surface area contributed by atoms with Gasteiger partial charge in [-0.3, -0.25) is 4.98 Å². The van der Waals surface area contributed by atoms with Crippen molar-refractivity contribution in [3.63, 3.8) is 0 Å². The number of allylic oxidation sites excluding steroid dienone is 1. The number of nitrogens with zero attached hydrogens (tertiary/aromatic N) is 2. The maximum atomic E-state index is 5.83. The molecule has 0 bridgehead atoms. The van der Waals surface area contributed by atoms with Crippen molar-refractivity contribution in [3.05, 3.63) is 34.3 Å². The normalized spacial score (nSPS) is 10.1. The summed E-state index contributed by atoms with van der Waals surface area (Å²) in [5, 5.41) is 0.679. The molecule has 1 aromatic rings. The third kappa shape index (κ3) is 2.98. The summed E-state index contributed by atoms with van der Waals surface area (Å²) < 4.78 is 0. The Morgan fingerprint density at radius 1 is 1.54 bits per heavy atom. The lowest BCUT2D eigenvalue weighted by Crippen LogP contribution is -1.95. The fraction of sp³-hybridized carbons (Fsp3) is 0.333. The van der Waals surface area contributed by atoms with Crippen LogP contribution in [0.1, 0.15) is 19.0 Å². The molecule has 0 saturated heterocycles. The van der Waals surface area contributed by atoms with Crippen molar-refractivity contribution in [1.82, 2.24) is 9.97 Å². The molecule has 0 saturated carbocycles. The zero-order valence-corrected chi connectivity index (χ0v) is 8.86. The fourth-order valence-electron chi connectivity index (χ4n) is 0.852. The first kappa shape index (κ1) is 10.5. The van der Waals surface area contributed by atoms with E-state index >= 15 is 0 Å². The Labute approximate surface area is 87.6 Å². The summed E-state index contributed by atoms with van der Waals surface area (Å²) in [6, 6.07) is 0. The van der Waals surface area contributed by atoms with Gasteiger partial charge in [0, 0.05) is 6.42 Å². The molecule has 0 aliphatic carbocycles. The van der Waals surface area contributed by atoms with E-state index in [1.165, 1.54) is 6.20 Å². The summed E-state index contributed by atoms with van der Waals surface area (Å²) in [5.74, 6) is 0. The first-order valence-electron chi connectivity index (χ1n) is 3.97. The van der Waals surface area contributed by atoms with Crippen LogP contribution in [0.15, 0.2) is 18.3 Å². The van der Waals surface area contributed by atoms with Crippen molar-refractivity contribution < 1.29 is 0 Å². The van der Waals surface area contributed by atoms with Gasteiger partial charge < -0.3 is 0 Å². The molecule has 0 amide bonds. The molecular formula is C9H10Cl2N2. The molecule has 0 aliphatic heterocycles. The number of rotatable bonds is 3.